The molecule has 0 fully saturated rings. The van der Waals surface area contributed by atoms with Crippen molar-refractivity contribution in [3.63, 3.8) is 0 Å². The lowest BCUT2D eigenvalue weighted by Gasteiger charge is -2.14. The Hall–Kier alpha value is -2.36. The van der Waals surface area contributed by atoms with Gasteiger partial charge >= 0.3 is 5.97 Å². The average Bonchev–Trinajstić information content (AvgIpc) is 2.43. The van der Waals surface area contributed by atoms with E-state index in [1.165, 1.54) is 17.8 Å². The van der Waals surface area contributed by atoms with Gasteiger partial charge < -0.3 is 9.84 Å². The fraction of sp³-hybridized carbons (Fsp3) is 0.250. The van der Waals surface area contributed by atoms with Crippen molar-refractivity contribution in [2.75, 3.05) is 0 Å². The van der Waals surface area contributed by atoms with E-state index in [0.717, 1.165) is 22.4 Å². The summed E-state index contributed by atoms with van der Waals surface area (Å²) in [6.45, 7) is 6.38. The minimum atomic E-state index is -1.03. The molecule has 4 nitrogen and oxygen atoms in total. The number of ether oxygens (including phenoxy) is 1. The number of aromatic carboxylic acids is 1. The van der Waals surface area contributed by atoms with Crippen LogP contribution >= 0.6 is 0 Å². The van der Waals surface area contributed by atoms with Crippen LogP contribution in [-0.4, -0.2) is 16.1 Å². The fourth-order valence-electron chi connectivity index (χ4n) is 1.98. The van der Waals surface area contributed by atoms with Crippen LogP contribution < -0.4 is 4.74 Å². The smallest absolute Gasteiger partial charge is 0.354 e. The summed E-state index contributed by atoms with van der Waals surface area (Å²) in [7, 11) is 0. The minimum Gasteiger partial charge on any atom is -0.488 e. The summed E-state index contributed by atoms with van der Waals surface area (Å²) in [4.78, 5) is 14.7. The summed E-state index contributed by atoms with van der Waals surface area (Å²) in [5.74, 6) is -0.173. The van der Waals surface area contributed by atoms with Crippen LogP contribution in [0.5, 0.6) is 5.75 Å². The summed E-state index contributed by atoms with van der Waals surface area (Å²) >= 11 is 0. The van der Waals surface area contributed by atoms with Crippen molar-refractivity contribution < 1.29 is 14.6 Å². The molecule has 0 aliphatic rings. The quantitative estimate of drug-likeness (QED) is 0.927. The Morgan fingerprint density at radius 2 is 1.90 bits per heavy atom. The second-order valence-electron chi connectivity index (χ2n) is 4.80. The molecule has 104 valence electrons. The van der Waals surface area contributed by atoms with Gasteiger partial charge in [-0.2, -0.15) is 0 Å². The molecule has 0 aliphatic carbocycles. The first kappa shape index (κ1) is 14.1. The molecule has 0 atom stereocenters. The van der Waals surface area contributed by atoms with E-state index in [2.05, 4.69) is 11.1 Å². The number of hydrogen-bond acceptors (Lipinski definition) is 3. The number of nitrogens with zero attached hydrogens (tertiary/aromatic N) is 1. The topological polar surface area (TPSA) is 59.4 Å². The number of pyridine rings is 1. The highest BCUT2D eigenvalue weighted by Gasteiger charge is 2.08. The third kappa shape index (κ3) is 2.96. The van der Waals surface area contributed by atoms with E-state index in [4.69, 9.17) is 9.84 Å². The second-order valence-corrected chi connectivity index (χ2v) is 4.80. The standard InChI is InChI=1S/C16H17NO3/c1-10-4-5-11(2)15(12(10)3)20-9-13-6-7-17-14(8-13)16(18)19/h4-8H,9H2,1-3H3,(H,18,19). The van der Waals surface area contributed by atoms with Gasteiger partial charge in [-0.05, 0) is 55.2 Å². The zero-order chi connectivity index (χ0) is 14.7. The summed E-state index contributed by atoms with van der Waals surface area (Å²) in [5, 5.41) is 8.92. The van der Waals surface area contributed by atoms with Gasteiger partial charge in [0.15, 0.2) is 0 Å². The molecule has 0 saturated heterocycles. The highest BCUT2D eigenvalue weighted by molar-refractivity contribution is 5.85. The Bertz CT molecular complexity index is 650. The van der Waals surface area contributed by atoms with Gasteiger partial charge in [0.05, 0.1) is 0 Å². The molecule has 0 radical (unpaired) electrons. The number of aromatic nitrogens is 1. The van der Waals surface area contributed by atoms with Gasteiger partial charge in [0, 0.05) is 6.20 Å². The Labute approximate surface area is 118 Å². The molecule has 0 spiro atoms. The van der Waals surface area contributed by atoms with Crippen LogP contribution in [-0.2, 0) is 6.61 Å². The highest BCUT2D eigenvalue weighted by Crippen LogP contribution is 2.26. The molecule has 20 heavy (non-hydrogen) atoms. The number of rotatable bonds is 4. The minimum absolute atomic E-state index is 0.0313. The van der Waals surface area contributed by atoms with Gasteiger partial charge in [-0.1, -0.05) is 12.1 Å². The lowest BCUT2D eigenvalue weighted by atomic mass is 10.1. The van der Waals surface area contributed by atoms with Crippen molar-refractivity contribution in [3.8, 4) is 5.75 Å². The van der Waals surface area contributed by atoms with Crippen LogP contribution in [0, 0.1) is 20.8 Å². The van der Waals surface area contributed by atoms with E-state index >= 15 is 0 Å². The summed E-state index contributed by atoms with van der Waals surface area (Å²) in [6.07, 6.45) is 1.48. The zero-order valence-electron chi connectivity index (χ0n) is 11.8. The predicted molar refractivity (Wildman–Crippen MR) is 76.2 cm³/mol. The Kier molecular flexibility index (Phi) is 4.03. The Morgan fingerprint density at radius 1 is 1.20 bits per heavy atom. The van der Waals surface area contributed by atoms with Gasteiger partial charge in [0.1, 0.15) is 18.1 Å². The number of carboxylic acids is 1. The van der Waals surface area contributed by atoms with E-state index in [-0.39, 0.29) is 5.69 Å². The molecule has 2 rings (SSSR count). The third-order valence-electron chi connectivity index (χ3n) is 3.30. The molecule has 1 aromatic heterocycles. The van der Waals surface area contributed by atoms with Gasteiger partial charge in [-0.15, -0.1) is 0 Å². The van der Waals surface area contributed by atoms with Gasteiger partial charge in [0.2, 0.25) is 0 Å². The highest BCUT2D eigenvalue weighted by atomic mass is 16.5. The molecular weight excluding hydrogens is 254 g/mol. The summed E-state index contributed by atoms with van der Waals surface area (Å²) in [5.41, 5.74) is 4.17. The predicted octanol–water partition coefficient (Wildman–Crippen LogP) is 3.28. The maximum atomic E-state index is 10.9. The van der Waals surface area contributed by atoms with Crippen LogP contribution in [0.25, 0.3) is 0 Å². The maximum Gasteiger partial charge on any atom is 0.354 e. The molecule has 1 heterocycles. The van der Waals surface area contributed by atoms with E-state index in [1.54, 1.807) is 6.07 Å². The first-order valence-electron chi connectivity index (χ1n) is 6.37. The van der Waals surface area contributed by atoms with Crippen LogP contribution in [0.4, 0.5) is 0 Å². The molecule has 2 aromatic rings. The van der Waals surface area contributed by atoms with Crippen LogP contribution in [0.15, 0.2) is 30.5 Å². The lowest BCUT2D eigenvalue weighted by Crippen LogP contribution is -2.04. The number of carboxylic acid groups (broad SMARTS) is 1. The molecule has 0 saturated carbocycles. The molecule has 0 unspecified atom stereocenters. The van der Waals surface area contributed by atoms with Crippen molar-refractivity contribution in [2.24, 2.45) is 0 Å². The van der Waals surface area contributed by atoms with E-state index in [9.17, 15) is 4.79 Å². The van der Waals surface area contributed by atoms with Gasteiger partial charge in [-0.3, -0.25) is 0 Å². The number of hydrogen-bond donors (Lipinski definition) is 1. The average molecular weight is 271 g/mol. The molecule has 0 bridgehead atoms. The first-order valence-corrected chi connectivity index (χ1v) is 6.37. The number of aryl methyl sites for hydroxylation is 2. The van der Waals surface area contributed by atoms with Crippen molar-refractivity contribution >= 4 is 5.97 Å². The third-order valence-corrected chi connectivity index (χ3v) is 3.30. The Balaban J connectivity index is 2.19. The largest absolute Gasteiger partial charge is 0.488 e. The van der Waals surface area contributed by atoms with Crippen LogP contribution in [0.1, 0.15) is 32.7 Å². The SMILES string of the molecule is Cc1ccc(C)c(OCc2ccnc(C(=O)O)c2)c1C. The summed E-state index contributed by atoms with van der Waals surface area (Å²) < 4.78 is 5.85. The Morgan fingerprint density at radius 3 is 2.60 bits per heavy atom. The molecule has 1 N–H and O–H groups in total. The van der Waals surface area contributed by atoms with Crippen molar-refractivity contribution in [2.45, 2.75) is 27.4 Å². The van der Waals surface area contributed by atoms with Crippen molar-refractivity contribution in [1.82, 2.24) is 4.98 Å². The second kappa shape index (κ2) is 5.74. The fourth-order valence-corrected chi connectivity index (χ4v) is 1.98. The molecule has 0 amide bonds. The van der Waals surface area contributed by atoms with Crippen LogP contribution in [0.2, 0.25) is 0 Å². The molecule has 4 heteroatoms. The molecule has 0 aliphatic heterocycles. The zero-order valence-corrected chi connectivity index (χ0v) is 11.8. The monoisotopic (exact) mass is 271 g/mol. The van der Waals surface area contributed by atoms with Crippen LogP contribution in [0.3, 0.4) is 0 Å². The van der Waals surface area contributed by atoms with Gasteiger partial charge in [-0.25, -0.2) is 9.78 Å². The number of carbonyl (C=O) groups is 1. The molecule has 1 aromatic carbocycles. The van der Waals surface area contributed by atoms with Crippen molar-refractivity contribution in [1.29, 1.82) is 0 Å². The van der Waals surface area contributed by atoms with E-state index in [0.29, 0.717) is 6.61 Å². The van der Waals surface area contributed by atoms with Gasteiger partial charge in [0.25, 0.3) is 0 Å². The van der Waals surface area contributed by atoms with E-state index < -0.39 is 5.97 Å². The van der Waals surface area contributed by atoms with Crippen molar-refractivity contribution in [3.05, 3.63) is 58.4 Å². The summed E-state index contributed by atoms with van der Waals surface area (Å²) in [6, 6.07) is 7.37. The first-order chi connectivity index (χ1) is 9.49. The normalized spacial score (nSPS) is 10.3. The maximum absolute atomic E-state index is 10.9. The van der Waals surface area contributed by atoms with E-state index in [1.807, 2.05) is 26.8 Å². The molecular formula is C16H17NO3. The lowest BCUT2D eigenvalue weighted by molar-refractivity contribution is 0.0690. The number of benzene rings is 1.